The van der Waals surface area contributed by atoms with E-state index in [2.05, 4.69) is 59.4 Å². The van der Waals surface area contributed by atoms with E-state index in [0.717, 1.165) is 50.8 Å². The van der Waals surface area contributed by atoms with Gasteiger partial charge in [0.05, 0.1) is 37.3 Å². The van der Waals surface area contributed by atoms with Crippen LogP contribution in [0.5, 0.6) is 0 Å². The van der Waals surface area contributed by atoms with Crippen LogP contribution in [-0.2, 0) is 4.74 Å². The number of fused-ring (bicyclic) bond motifs is 1. The van der Waals surface area contributed by atoms with E-state index in [-0.39, 0.29) is 0 Å². The lowest BCUT2D eigenvalue weighted by molar-refractivity contribution is -0.0660. The van der Waals surface area contributed by atoms with Gasteiger partial charge >= 0.3 is 0 Å². The molecule has 0 amide bonds. The van der Waals surface area contributed by atoms with Crippen molar-refractivity contribution in [3.05, 3.63) is 54.9 Å². The van der Waals surface area contributed by atoms with Crippen molar-refractivity contribution in [2.24, 2.45) is 0 Å². The fourth-order valence-electron chi connectivity index (χ4n) is 4.30. The van der Waals surface area contributed by atoms with Gasteiger partial charge in [0.25, 0.3) is 0 Å². The summed E-state index contributed by atoms with van der Waals surface area (Å²) in [6.45, 7) is 7.90. The van der Waals surface area contributed by atoms with Gasteiger partial charge in [0.1, 0.15) is 17.7 Å². The second-order valence-electron chi connectivity index (χ2n) is 8.43. The van der Waals surface area contributed by atoms with Crippen molar-refractivity contribution >= 4 is 22.8 Å². The normalized spacial score (nSPS) is 17.3. The van der Waals surface area contributed by atoms with Crippen LogP contribution in [0.4, 0.5) is 17.2 Å². The molecule has 0 unspecified atom stereocenters. The number of aryl methyl sites for hydroxylation is 1. The molecule has 168 valence electrons. The average molecular weight is 444 g/mol. The van der Waals surface area contributed by atoms with Gasteiger partial charge in [-0.1, -0.05) is 0 Å². The lowest BCUT2D eigenvalue weighted by atomic mass is 10.1. The number of piperazine rings is 1. The van der Waals surface area contributed by atoms with Gasteiger partial charge in [0.15, 0.2) is 11.5 Å². The predicted molar refractivity (Wildman–Crippen MR) is 125 cm³/mol. The first-order valence-electron chi connectivity index (χ1n) is 11.2. The van der Waals surface area contributed by atoms with Crippen LogP contribution in [0.1, 0.15) is 5.69 Å². The molecular formula is C23H25N9O. The molecule has 1 aromatic carbocycles. The van der Waals surface area contributed by atoms with E-state index in [0.29, 0.717) is 28.9 Å². The predicted octanol–water partition coefficient (Wildman–Crippen LogP) is 2.15. The van der Waals surface area contributed by atoms with Crippen LogP contribution in [0.3, 0.4) is 0 Å². The number of anilines is 3. The molecule has 6 rings (SSSR count). The summed E-state index contributed by atoms with van der Waals surface area (Å²) < 4.78 is 7.04. The minimum atomic E-state index is 0.613. The van der Waals surface area contributed by atoms with Gasteiger partial charge in [-0.05, 0) is 31.2 Å². The Morgan fingerprint density at radius 2 is 1.79 bits per heavy atom. The molecule has 2 saturated heterocycles. The highest BCUT2D eigenvalue weighted by molar-refractivity contribution is 5.73. The molecule has 33 heavy (non-hydrogen) atoms. The molecular weight excluding hydrogens is 418 g/mol. The molecule has 1 N–H and O–H groups in total. The first-order chi connectivity index (χ1) is 16.2. The third-order valence-corrected chi connectivity index (χ3v) is 6.23. The van der Waals surface area contributed by atoms with Crippen LogP contribution >= 0.6 is 0 Å². The number of rotatable bonds is 5. The minimum absolute atomic E-state index is 0.613. The third kappa shape index (κ3) is 3.98. The van der Waals surface area contributed by atoms with Crippen LogP contribution in [-0.4, -0.2) is 79.9 Å². The van der Waals surface area contributed by atoms with E-state index < -0.39 is 0 Å². The fraction of sp³-hybridized carbons (Fsp3) is 0.348. The summed E-state index contributed by atoms with van der Waals surface area (Å²) in [6, 6.07) is 9.08. The Morgan fingerprint density at radius 1 is 0.970 bits per heavy atom. The van der Waals surface area contributed by atoms with Gasteiger partial charge in [-0.2, -0.15) is 5.10 Å². The number of hydrogen-bond acceptors (Lipinski definition) is 9. The Kier molecular flexibility index (Phi) is 5.08. The quantitative estimate of drug-likeness (QED) is 0.498. The van der Waals surface area contributed by atoms with Crippen LogP contribution in [0.25, 0.3) is 17.0 Å². The summed E-state index contributed by atoms with van der Waals surface area (Å²) in [7, 11) is 0. The molecule has 2 fully saturated rings. The summed E-state index contributed by atoms with van der Waals surface area (Å²) in [6.07, 6.45) is 6.76. The number of aromatic nitrogens is 6. The zero-order valence-electron chi connectivity index (χ0n) is 18.4. The zero-order valence-corrected chi connectivity index (χ0v) is 18.4. The highest BCUT2D eigenvalue weighted by atomic mass is 16.5. The van der Waals surface area contributed by atoms with Crippen molar-refractivity contribution < 1.29 is 4.74 Å². The van der Waals surface area contributed by atoms with Crippen LogP contribution in [0.2, 0.25) is 0 Å². The van der Waals surface area contributed by atoms with Gasteiger partial charge in [0.2, 0.25) is 0 Å². The summed E-state index contributed by atoms with van der Waals surface area (Å²) in [5.41, 5.74) is 5.03. The van der Waals surface area contributed by atoms with E-state index in [1.54, 1.807) is 16.9 Å². The first-order valence-corrected chi connectivity index (χ1v) is 11.2. The molecule has 0 radical (unpaired) electrons. The Labute approximate surface area is 191 Å². The lowest BCUT2D eigenvalue weighted by Crippen LogP contribution is -2.56. The standard InChI is InChI=1S/C23H25N9O/c1-16-10-24-11-20(27-16)21-12-32-23(25-15-26-32)22(29-21)28-17-2-4-18(5-3-17)30-6-8-31(9-7-30)19-13-33-14-19/h2-5,10-12,15,19H,6-9,13-14H2,1H3,(H,28,29). The van der Waals surface area contributed by atoms with Gasteiger partial charge in [0, 0.05) is 43.8 Å². The SMILES string of the molecule is Cc1cncc(-c2cn3ncnc3c(Nc3ccc(N4CCN(C5COC5)CC4)cc3)n2)n1. The van der Waals surface area contributed by atoms with E-state index in [1.807, 2.05) is 13.1 Å². The van der Waals surface area contributed by atoms with Crippen molar-refractivity contribution in [2.75, 3.05) is 49.6 Å². The topological polar surface area (TPSA) is 96.6 Å². The summed E-state index contributed by atoms with van der Waals surface area (Å²) in [4.78, 5) is 22.9. The number of benzene rings is 1. The minimum Gasteiger partial charge on any atom is -0.378 e. The van der Waals surface area contributed by atoms with E-state index >= 15 is 0 Å². The van der Waals surface area contributed by atoms with Crippen molar-refractivity contribution in [3.63, 3.8) is 0 Å². The number of hydrogen-bond donors (Lipinski definition) is 1. The van der Waals surface area contributed by atoms with Crippen LogP contribution in [0, 0.1) is 6.92 Å². The highest BCUT2D eigenvalue weighted by Crippen LogP contribution is 2.25. The lowest BCUT2D eigenvalue weighted by Gasteiger charge is -2.43. The number of nitrogens with zero attached hydrogens (tertiary/aromatic N) is 8. The monoisotopic (exact) mass is 443 g/mol. The zero-order chi connectivity index (χ0) is 22.2. The fourth-order valence-corrected chi connectivity index (χ4v) is 4.30. The third-order valence-electron chi connectivity index (χ3n) is 6.23. The maximum atomic E-state index is 5.34. The Bertz CT molecular complexity index is 1260. The molecule has 0 spiro atoms. The number of ether oxygens (including phenoxy) is 1. The maximum Gasteiger partial charge on any atom is 0.198 e. The highest BCUT2D eigenvalue weighted by Gasteiger charge is 2.28. The Hall–Kier alpha value is -3.63. The molecule has 2 aliphatic heterocycles. The van der Waals surface area contributed by atoms with Crippen LogP contribution < -0.4 is 10.2 Å². The summed E-state index contributed by atoms with van der Waals surface area (Å²) in [5.74, 6) is 0.623. The van der Waals surface area contributed by atoms with Gasteiger partial charge in [-0.3, -0.25) is 9.88 Å². The van der Waals surface area contributed by atoms with E-state index in [9.17, 15) is 0 Å². The summed E-state index contributed by atoms with van der Waals surface area (Å²) >= 11 is 0. The van der Waals surface area contributed by atoms with Gasteiger partial charge in [-0.25, -0.2) is 19.5 Å². The smallest absolute Gasteiger partial charge is 0.198 e. The molecule has 0 atom stereocenters. The van der Waals surface area contributed by atoms with Gasteiger partial charge < -0.3 is 15.0 Å². The first kappa shape index (κ1) is 20.0. The largest absolute Gasteiger partial charge is 0.378 e. The Morgan fingerprint density at radius 3 is 2.52 bits per heavy atom. The van der Waals surface area contributed by atoms with Crippen molar-refractivity contribution in [2.45, 2.75) is 13.0 Å². The van der Waals surface area contributed by atoms with Crippen molar-refractivity contribution in [3.8, 4) is 11.4 Å². The van der Waals surface area contributed by atoms with Gasteiger partial charge in [-0.15, -0.1) is 0 Å². The molecule has 0 bridgehead atoms. The molecule has 5 heterocycles. The van der Waals surface area contributed by atoms with E-state index in [4.69, 9.17) is 9.72 Å². The van der Waals surface area contributed by atoms with Crippen molar-refractivity contribution in [1.29, 1.82) is 0 Å². The second-order valence-corrected chi connectivity index (χ2v) is 8.43. The molecule has 4 aromatic rings. The number of nitrogens with one attached hydrogen (secondary N) is 1. The van der Waals surface area contributed by atoms with Crippen molar-refractivity contribution in [1.82, 2.24) is 34.4 Å². The molecule has 10 nitrogen and oxygen atoms in total. The average Bonchev–Trinajstić information content (AvgIpc) is 3.28. The molecule has 3 aromatic heterocycles. The molecule has 10 heteroatoms. The maximum absolute atomic E-state index is 5.34. The Balaban J connectivity index is 1.20. The second kappa shape index (κ2) is 8.38. The molecule has 2 aliphatic rings. The van der Waals surface area contributed by atoms with E-state index in [1.165, 1.54) is 12.0 Å². The summed E-state index contributed by atoms with van der Waals surface area (Å²) in [5, 5.41) is 7.69. The molecule has 0 saturated carbocycles. The molecule has 0 aliphatic carbocycles. The van der Waals surface area contributed by atoms with Crippen LogP contribution in [0.15, 0.2) is 49.2 Å².